The first-order chi connectivity index (χ1) is 8.60. The summed E-state index contributed by atoms with van der Waals surface area (Å²) in [6, 6.07) is 6.34. The third-order valence-corrected chi connectivity index (χ3v) is 3.63. The molecule has 1 aromatic carbocycles. The highest BCUT2D eigenvalue weighted by Gasteiger charge is 2.09. The van der Waals surface area contributed by atoms with Gasteiger partial charge in [0.1, 0.15) is 5.75 Å². The molecule has 0 aliphatic rings. The number of ether oxygens (including phenoxy) is 1. The van der Waals surface area contributed by atoms with Crippen LogP contribution in [0.1, 0.15) is 36.6 Å². The highest BCUT2D eigenvalue weighted by Crippen LogP contribution is 2.27. The number of rotatable bonds is 4. The van der Waals surface area contributed by atoms with Gasteiger partial charge in [0.2, 0.25) is 0 Å². The summed E-state index contributed by atoms with van der Waals surface area (Å²) in [6.45, 7) is 4.37. The molecule has 0 aliphatic heterocycles. The van der Waals surface area contributed by atoms with Gasteiger partial charge in [0.15, 0.2) is 5.13 Å². The maximum atomic E-state index is 5.66. The second-order valence-electron chi connectivity index (χ2n) is 4.58. The molecule has 0 amide bonds. The van der Waals surface area contributed by atoms with Crippen LogP contribution in [0.3, 0.4) is 0 Å². The summed E-state index contributed by atoms with van der Waals surface area (Å²) in [5, 5.41) is 2.61. The standard InChI is InChI=1S/C14H18N2OS/c1-9(2)10-4-5-13(17-3)11(6-10)7-12-8-18-14(15)16-12/h4-6,8-9H,7H2,1-3H3,(H2,15,16). The number of aromatic nitrogens is 1. The molecular weight excluding hydrogens is 244 g/mol. The van der Waals surface area contributed by atoms with Crippen molar-refractivity contribution in [1.82, 2.24) is 4.98 Å². The summed E-state index contributed by atoms with van der Waals surface area (Å²) in [6.07, 6.45) is 0.761. The molecule has 0 saturated carbocycles. The molecule has 3 nitrogen and oxygen atoms in total. The van der Waals surface area contributed by atoms with Gasteiger partial charge >= 0.3 is 0 Å². The van der Waals surface area contributed by atoms with Crippen molar-refractivity contribution in [3.63, 3.8) is 0 Å². The van der Waals surface area contributed by atoms with Crippen LogP contribution in [0.15, 0.2) is 23.6 Å². The zero-order valence-corrected chi connectivity index (χ0v) is 11.8. The third-order valence-electron chi connectivity index (χ3n) is 2.91. The largest absolute Gasteiger partial charge is 0.496 e. The van der Waals surface area contributed by atoms with E-state index in [0.29, 0.717) is 11.0 Å². The Kier molecular flexibility index (Phi) is 3.87. The van der Waals surface area contributed by atoms with Gasteiger partial charge in [0.05, 0.1) is 12.8 Å². The van der Waals surface area contributed by atoms with Gasteiger partial charge in [-0.3, -0.25) is 0 Å². The van der Waals surface area contributed by atoms with Crippen LogP contribution < -0.4 is 10.5 Å². The van der Waals surface area contributed by atoms with E-state index in [4.69, 9.17) is 10.5 Å². The predicted molar refractivity (Wildman–Crippen MR) is 76.4 cm³/mol. The Morgan fingerprint density at radius 2 is 2.17 bits per heavy atom. The van der Waals surface area contributed by atoms with E-state index in [1.54, 1.807) is 7.11 Å². The smallest absolute Gasteiger partial charge is 0.180 e. The SMILES string of the molecule is COc1ccc(C(C)C)cc1Cc1csc(N)n1. The Bertz CT molecular complexity index is 534. The lowest BCUT2D eigenvalue weighted by Gasteiger charge is -2.12. The highest BCUT2D eigenvalue weighted by molar-refractivity contribution is 7.13. The summed E-state index contributed by atoms with van der Waals surface area (Å²) in [7, 11) is 1.70. The molecule has 2 rings (SSSR count). The van der Waals surface area contributed by atoms with E-state index in [9.17, 15) is 0 Å². The normalized spacial score (nSPS) is 10.9. The van der Waals surface area contributed by atoms with E-state index in [1.165, 1.54) is 16.9 Å². The average molecular weight is 262 g/mol. The number of benzene rings is 1. The molecule has 0 radical (unpaired) electrons. The van der Waals surface area contributed by atoms with Gasteiger partial charge in [-0.25, -0.2) is 4.98 Å². The molecule has 0 aliphatic carbocycles. The zero-order valence-electron chi connectivity index (χ0n) is 10.9. The first-order valence-electron chi connectivity index (χ1n) is 5.97. The Balaban J connectivity index is 2.32. The van der Waals surface area contributed by atoms with E-state index in [0.717, 1.165) is 23.4 Å². The molecule has 1 heterocycles. The van der Waals surface area contributed by atoms with Crippen LogP contribution in [0, 0.1) is 0 Å². The van der Waals surface area contributed by atoms with Crippen LogP contribution in [0.5, 0.6) is 5.75 Å². The highest BCUT2D eigenvalue weighted by atomic mass is 32.1. The number of nitrogens with zero attached hydrogens (tertiary/aromatic N) is 1. The molecular formula is C14H18N2OS. The van der Waals surface area contributed by atoms with Crippen LogP contribution in [-0.4, -0.2) is 12.1 Å². The predicted octanol–water partition coefficient (Wildman–Crippen LogP) is 3.45. The molecule has 2 aromatic rings. The van der Waals surface area contributed by atoms with Gasteiger partial charge < -0.3 is 10.5 Å². The number of anilines is 1. The minimum absolute atomic E-state index is 0.509. The Labute approximate surface area is 112 Å². The molecule has 0 spiro atoms. The summed E-state index contributed by atoms with van der Waals surface area (Å²) in [5.41, 5.74) is 9.13. The number of hydrogen-bond donors (Lipinski definition) is 1. The summed E-state index contributed by atoms with van der Waals surface area (Å²) in [5.74, 6) is 1.42. The van der Waals surface area contributed by atoms with Crippen molar-refractivity contribution in [2.75, 3.05) is 12.8 Å². The summed E-state index contributed by atoms with van der Waals surface area (Å²) < 4.78 is 5.40. The fourth-order valence-electron chi connectivity index (χ4n) is 1.89. The van der Waals surface area contributed by atoms with Crippen molar-refractivity contribution in [2.24, 2.45) is 0 Å². The molecule has 0 fully saturated rings. The molecule has 18 heavy (non-hydrogen) atoms. The van der Waals surface area contributed by atoms with Crippen molar-refractivity contribution in [3.05, 3.63) is 40.4 Å². The van der Waals surface area contributed by atoms with E-state index >= 15 is 0 Å². The number of nitrogen functional groups attached to an aromatic ring is 1. The average Bonchev–Trinajstić information content (AvgIpc) is 2.74. The molecule has 96 valence electrons. The van der Waals surface area contributed by atoms with Crippen LogP contribution >= 0.6 is 11.3 Å². The van der Waals surface area contributed by atoms with Crippen molar-refractivity contribution >= 4 is 16.5 Å². The molecule has 0 unspecified atom stereocenters. The van der Waals surface area contributed by atoms with Gasteiger partial charge in [0.25, 0.3) is 0 Å². The first-order valence-corrected chi connectivity index (χ1v) is 6.84. The van der Waals surface area contributed by atoms with E-state index < -0.39 is 0 Å². The number of thiazole rings is 1. The van der Waals surface area contributed by atoms with Gasteiger partial charge in [-0.2, -0.15) is 0 Å². The van der Waals surface area contributed by atoms with E-state index in [-0.39, 0.29) is 0 Å². The Morgan fingerprint density at radius 3 is 2.72 bits per heavy atom. The minimum atomic E-state index is 0.509. The Morgan fingerprint density at radius 1 is 1.39 bits per heavy atom. The van der Waals surface area contributed by atoms with Crippen LogP contribution in [-0.2, 0) is 6.42 Å². The third kappa shape index (κ3) is 2.82. The Hall–Kier alpha value is -1.55. The molecule has 4 heteroatoms. The maximum absolute atomic E-state index is 5.66. The van der Waals surface area contributed by atoms with Gasteiger partial charge in [-0.05, 0) is 17.5 Å². The quantitative estimate of drug-likeness (QED) is 0.918. The van der Waals surface area contributed by atoms with Crippen molar-refractivity contribution in [3.8, 4) is 5.75 Å². The molecule has 1 aromatic heterocycles. The van der Waals surface area contributed by atoms with Crippen LogP contribution in [0.4, 0.5) is 5.13 Å². The topological polar surface area (TPSA) is 48.1 Å². The van der Waals surface area contributed by atoms with Gasteiger partial charge in [0, 0.05) is 17.4 Å². The summed E-state index contributed by atoms with van der Waals surface area (Å²) in [4.78, 5) is 4.30. The molecule has 0 bridgehead atoms. The number of hydrogen-bond acceptors (Lipinski definition) is 4. The lowest BCUT2D eigenvalue weighted by atomic mass is 9.98. The first kappa shape index (κ1) is 12.9. The molecule has 2 N–H and O–H groups in total. The lowest BCUT2D eigenvalue weighted by molar-refractivity contribution is 0.410. The molecule has 0 atom stereocenters. The van der Waals surface area contributed by atoms with Crippen molar-refractivity contribution in [2.45, 2.75) is 26.2 Å². The summed E-state index contributed by atoms with van der Waals surface area (Å²) >= 11 is 1.47. The number of nitrogens with two attached hydrogens (primary N) is 1. The molecule has 0 saturated heterocycles. The second-order valence-corrected chi connectivity index (χ2v) is 5.47. The van der Waals surface area contributed by atoms with Crippen molar-refractivity contribution in [1.29, 1.82) is 0 Å². The maximum Gasteiger partial charge on any atom is 0.180 e. The van der Waals surface area contributed by atoms with Gasteiger partial charge in [-0.1, -0.05) is 26.0 Å². The lowest BCUT2D eigenvalue weighted by Crippen LogP contribution is -1.97. The van der Waals surface area contributed by atoms with Gasteiger partial charge in [-0.15, -0.1) is 11.3 Å². The monoisotopic (exact) mass is 262 g/mol. The zero-order chi connectivity index (χ0) is 13.1. The fraction of sp³-hybridized carbons (Fsp3) is 0.357. The van der Waals surface area contributed by atoms with Crippen LogP contribution in [0.25, 0.3) is 0 Å². The minimum Gasteiger partial charge on any atom is -0.496 e. The number of methoxy groups -OCH3 is 1. The fourth-order valence-corrected chi connectivity index (χ4v) is 2.46. The van der Waals surface area contributed by atoms with Crippen molar-refractivity contribution < 1.29 is 4.74 Å². The second kappa shape index (κ2) is 5.40. The van der Waals surface area contributed by atoms with Crippen LogP contribution in [0.2, 0.25) is 0 Å². The van der Waals surface area contributed by atoms with E-state index in [1.807, 2.05) is 11.4 Å². The van der Waals surface area contributed by atoms with E-state index in [2.05, 4.69) is 31.0 Å².